The number of amides is 1. The molecule has 1 amide bonds. The van der Waals surface area contributed by atoms with Gasteiger partial charge in [0.1, 0.15) is 0 Å². The van der Waals surface area contributed by atoms with Gasteiger partial charge in [-0.25, -0.2) is 4.98 Å². The van der Waals surface area contributed by atoms with E-state index in [1.54, 1.807) is 11.3 Å². The first kappa shape index (κ1) is 15.4. The van der Waals surface area contributed by atoms with E-state index in [-0.39, 0.29) is 0 Å². The van der Waals surface area contributed by atoms with Crippen LogP contribution in [0, 0.1) is 0 Å². The van der Waals surface area contributed by atoms with Crippen LogP contribution < -0.4 is 0 Å². The highest BCUT2D eigenvalue weighted by Crippen LogP contribution is 2.22. The van der Waals surface area contributed by atoms with Gasteiger partial charge in [-0.3, -0.25) is 4.79 Å². The van der Waals surface area contributed by atoms with Crippen molar-refractivity contribution in [1.29, 1.82) is 0 Å². The highest BCUT2D eigenvalue weighted by molar-refractivity contribution is 7.18. The molecule has 0 saturated carbocycles. The molecule has 4 nitrogen and oxygen atoms in total. The van der Waals surface area contributed by atoms with Gasteiger partial charge >= 0.3 is 0 Å². The van der Waals surface area contributed by atoms with Gasteiger partial charge in [0, 0.05) is 26.1 Å². The lowest BCUT2D eigenvalue weighted by molar-refractivity contribution is -0.131. The van der Waals surface area contributed by atoms with E-state index in [9.17, 15) is 4.79 Å². The SMILES string of the molecule is CN1CCCN(C(=O)CCCc2nc3ccccc3s2)CC1. The van der Waals surface area contributed by atoms with E-state index in [1.807, 2.05) is 23.1 Å². The van der Waals surface area contributed by atoms with Crippen molar-refractivity contribution in [1.82, 2.24) is 14.8 Å². The molecule has 2 heterocycles. The van der Waals surface area contributed by atoms with Gasteiger partial charge in [0.05, 0.1) is 15.2 Å². The van der Waals surface area contributed by atoms with Crippen LogP contribution >= 0.6 is 11.3 Å². The van der Waals surface area contributed by atoms with Gasteiger partial charge in [0.2, 0.25) is 5.91 Å². The molecule has 22 heavy (non-hydrogen) atoms. The van der Waals surface area contributed by atoms with Gasteiger partial charge in [-0.2, -0.15) is 0 Å². The number of aromatic nitrogens is 1. The summed E-state index contributed by atoms with van der Waals surface area (Å²) in [6.45, 7) is 3.86. The van der Waals surface area contributed by atoms with Gasteiger partial charge in [-0.1, -0.05) is 12.1 Å². The molecule has 2 aromatic rings. The molecule has 0 unspecified atom stereocenters. The first-order valence-corrected chi connectivity index (χ1v) is 8.85. The lowest BCUT2D eigenvalue weighted by Crippen LogP contribution is -2.34. The van der Waals surface area contributed by atoms with Crippen LogP contribution in [0.1, 0.15) is 24.3 Å². The van der Waals surface area contributed by atoms with E-state index in [2.05, 4.69) is 23.0 Å². The van der Waals surface area contributed by atoms with Crippen molar-refractivity contribution in [2.45, 2.75) is 25.7 Å². The van der Waals surface area contributed by atoms with Crippen LogP contribution in [-0.4, -0.2) is 53.9 Å². The van der Waals surface area contributed by atoms with Gasteiger partial charge < -0.3 is 9.80 Å². The van der Waals surface area contributed by atoms with Crippen molar-refractivity contribution >= 4 is 27.5 Å². The Balaban J connectivity index is 1.48. The van der Waals surface area contributed by atoms with E-state index in [4.69, 9.17) is 0 Å². The number of thiazole rings is 1. The molecular weight excluding hydrogens is 294 g/mol. The highest BCUT2D eigenvalue weighted by Gasteiger charge is 2.17. The quantitative estimate of drug-likeness (QED) is 0.870. The molecule has 3 rings (SSSR count). The third-order valence-electron chi connectivity index (χ3n) is 4.19. The second-order valence-electron chi connectivity index (χ2n) is 5.97. The van der Waals surface area contributed by atoms with E-state index in [0.29, 0.717) is 12.3 Å². The van der Waals surface area contributed by atoms with Crippen molar-refractivity contribution in [2.24, 2.45) is 0 Å². The van der Waals surface area contributed by atoms with E-state index >= 15 is 0 Å². The zero-order valence-electron chi connectivity index (χ0n) is 13.1. The van der Waals surface area contributed by atoms with Crippen LogP contribution in [-0.2, 0) is 11.2 Å². The first-order chi connectivity index (χ1) is 10.7. The Morgan fingerprint density at radius 1 is 1.23 bits per heavy atom. The number of fused-ring (bicyclic) bond motifs is 1. The number of nitrogens with zero attached hydrogens (tertiary/aromatic N) is 3. The summed E-state index contributed by atoms with van der Waals surface area (Å²) in [6, 6.07) is 8.22. The molecule has 5 heteroatoms. The smallest absolute Gasteiger partial charge is 0.222 e. The Kier molecular flexibility index (Phi) is 5.05. The standard InChI is InChI=1S/C17H23N3OS/c1-19-10-5-11-20(13-12-19)17(21)9-4-8-16-18-14-6-2-3-7-15(14)22-16/h2-3,6-7H,4-5,8-13H2,1H3. The van der Waals surface area contributed by atoms with Crippen molar-refractivity contribution in [3.8, 4) is 0 Å². The maximum absolute atomic E-state index is 12.3. The van der Waals surface area contributed by atoms with Gasteiger partial charge in [-0.05, 0) is 45.0 Å². The van der Waals surface area contributed by atoms with Crippen LogP contribution in [0.25, 0.3) is 10.2 Å². The number of benzene rings is 1. The number of carbonyl (C=O) groups excluding carboxylic acids is 1. The number of aryl methyl sites for hydroxylation is 1. The molecular formula is C17H23N3OS. The molecule has 1 saturated heterocycles. The van der Waals surface area contributed by atoms with Crippen LogP contribution in [0.15, 0.2) is 24.3 Å². The molecule has 1 aromatic carbocycles. The summed E-state index contributed by atoms with van der Waals surface area (Å²) in [4.78, 5) is 21.3. The maximum atomic E-state index is 12.3. The second kappa shape index (κ2) is 7.20. The predicted molar refractivity (Wildman–Crippen MR) is 91.3 cm³/mol. The summed E-state index contributed by atoms with van der Waals surface area (Å²) in [5, 5.41) is 1.14. The Morgan fingerprint density at radius 2 is 2.09 bits per heavy atom. The molecule has 0 radical (unpaired) electrons. The second-order valence-corrected chi connectivity index (χ2v) is 7.08. The van der Waals surface area contributed by atoms with Crippen LogP contribution in [0.2, 0.25) is 0 Å². The fraction of sp³-hybridized carbons (Fsp3) is 0.529. The Bertz CT molecular complexity index is 607. The lowest BCUT2D eigenvalue weighted by Gasteiger charge is -2.20. The third-order valence-corrected chi connectivity index (χ3v) is 5.29. The monoisotopic (exact) mass is 317 g/mol. The van der Waals surface area contributed by atoms with Crippen molar-refractivity contribution in [3.05, 3.63) is 29.3 Å². The third kappa shape index (κ3) is 3.84. The fourth-order valence-corrected chi connectivity index (χ4v) is 3.88. The molecule has 0 bridgehead atoms. The number of likely N-dealkylation sites (N-methyl/N-ethyl adjacent to an activating group) is 1. The van der Waals surface area contributed by atoms with Gasteiger partial charge in [0.15, 0.2) is 0 Å². The summed E-state index contributed by atoms with van der Waals surface area (Å²) in [6.07, 6.45) is 3.52. The topological polar surface area (TPSA) is 36.4 Å². The average molecular weight is 317 g/mol. The molecule has 0 N–H and O–H groups in total. The maximum Gasteiger partial charge on any atom is 0.222 e. The Morgan fingerprint density at radius 3 is 2.95 bits per heavy atom. The molecule has 0 atom stereocenters. The van der Waals surface area contributed by atoms with Crippen LogP contribution in [0.4, 0.5) is 0 Å². The normalized spacial score (nSPS) is 16.9. The van der Waals surface area contributed by atoms with E-state index < -0.39 is 0 Å². The molecule has 1 aliphatic heterocycles. The summed E-state index contributed by atoms with van der Waals surface area (Å²) in [5.74, 6) is 0.302. The Hall–Kier alpha value is -1.46. The lowest BCUT2D eigenvalue weighted by atomic mass is 10.2. The minimum Gasteiger partial charge on any atom is -0.341 e. The van der Waals surface area contributed by atoms with E-state index in [1.165, 1.54) is 4.70 Å². The zero-order chi connectivity index (χ0) is 15.4. The van der Waals surface area contributed by atoms with E-state index in [0.717, 1.165) is 56.0 Å². The number of carbonyl (C=O) groups is 1. The molecule has 1 aliphatic rings. The summed E-state index contributed by atoms with van der Waals surface area (Å²) >= 11 is 1.75. The van der Waals surface area contributed by atoms with Crippen LogP contribution in [0.5, 0.6) is 0 Å². The van der Waals surface area contributed by atoms with Crippen molar-refractivity contribution < 1.29 is 4.79 Å². The van der Waals surface area contributed by atoms with Gasteiger partial charge in [0.25, 0.3) is 0 Å². The summed E-state index contributed by atoms with van der Waals surface area (Å²) in [5.41, 5.74) is 1.07. The predicted octanol–water partition coefficient (Wildman–Crippen LogP) is 2.78. The molecule has 0 aliphatic carbocycles. The van der Waals surface area contributed by atoms with Crippen molar-refractivity contribution in [3.63, 3.8) is 0 Å². The summed E-state index contributed by atoms with van der Waals surface area (Å²) in [7, 11) is 2.13. The number of hydrogen-bond donors (Lipinski definition) is 0. The first-order valence-electron chi connectivity index (χ1n) is 8.03. The molecule has 0 spiro atoms. The molecule has 1 fully saturated rings. The van der Waals surface area contributed by atoms with Crippen LogP contribution in [0.3, 0.4) is 0 Å². The average Bonchev–Trinajstić information content (AvgIpc) is 2.80. The minimum absolute atomic E-state index is 0.302. The minimum atomic E-state index is 0.302. The number of hydrogen-bond acceptors (Lipinski definition) is 4. The fourth-order valence-electron chi connectivity index (χ4n) is 2.87. The largest absolute Gasteiger partial charge is 0.341 e. The number of para-hydroxylation sites is 1. The molecule has 1 aromatic heterocycles. The summed E-state index contributed by atoms with van der Waals surface area (Å²) < 4.78 is 1.24. The number of rotatable bonds is 4. The molecule has 118 valence electrons. The van der Waals surface area contributed by atoms with Gasteiger partial charge in [-0.15, -0.1) is 11.3 Å². The zero-order valence-corrected chi connectivity index (χ0v) is 13.9. The van der Waals surface area contributed by atoms with Crippen molar-refractivity contribution in [2.75, 3.05) is 33.2 Å². The Labute approximate surface area is 135 Å². The highest BCUT2D eigenvalue weighted by atomic mass is 32.1.